The van der Waals surface area contributed by atoms with Crippen molar-refractivity contribution in [2.45, 2.75) is 148 Å². The first-order valence-electron chi connectivity index (χ1n) is 25.3. The van der Waals surface area contributed by atoms with Crippen molar-refractivity contribution in [3.8, 4) is 11.8 Å². The zero-order chi connectivity index (χ0) is 48.1. The zero-order valence-electron chi connectivity index (χ0n) is 41.4. The van der Waals surface area contributed by atoms with E-state index in [2.05, 4.69) is 128 Å². The highest BCUT2D eigenvalue weighted by Gasteiger charge is 2.64. The van der Waals surface area contributed by atoms with Crippen LogP contribution in [-0.2, 0) is 16.0 Å². The standard InChI is InChI=1S/C54H74ClN9O3S/c1-10-12-43(58-31-37(11-2)48(65)60-50-52(6,7)51(53(50,8)9)67-40-18-17-39(30-56)41(55)26-40)63-22-19-54(20-23-63)28-36(29-54)25-35-13-15-38(16-14-35)46-45-32(3)33(4)68-49(45)64-34(5)61-62-47(64)42(59-46)27-44-57-21-24-66-44/h10,12-18,26,31-34,36-37,42,44-45,47,49-51,57,61-62H,1,11,19-25,27-29H2,2-9H3,(H,60,65)/b43-12?,58-31-/t32?,33?,34?,37?,42-,44?,45?,47?,49?,50?,51?/m0/s1. The second-order valence-corrected chi connectivity index (χ2v) is 24.1. The molecule has 7 aliphatic rings. The van der Waals surface area contributed by atoms with Crippen molar-refractivity contribution in [2.75, 3.05) is 26.2 Å². The highest BCUT2D eigenvalue weighted by molar-refractivity contribution is 8.00. The first kappa shape index (κ1) is 49.2. The number of carbonyl (C=O) groups is 1. The predicted octanol–water partition coefficient (Wildman–Crippen LogP) is 8.67. The highest BCUT2D eigenvalue weighted by atomic mass is 35.5. The molecule has 5 heterocycles. The van der Waals surface area contributed by atoms with Crippen LogP contribution < -0.4 is 26.2 Å². The van der Waals surface area contributed by atoms with Gasteiger partial charge in [0.25, 0.3) is 0 Å². The summed E-state index contributed by atoms with van der Waals surface area (Å²) in [6, 6.07) is 16.7. The number of hydrazine groups is 1. The summed E-state index contributed by atoms with van der Waals surface area (Å²) in [4.78, 5) is 29.6. The van der Waals surface area contributed by atoms with Crippen LogP contribution in [0.25, 0.3) is 0 Å². The van der Waals surface area contributed by atoms with Crippen molar-refractivity contribution in [3.05, 3.63) is 88.7 Å². The zero-order valence-corrected chi connectivity index (χ0v) is 43.0. The fourth-order valence-corrected chi connectivity index (χ4v) is 15.4. The Morgan fingerprint density at radius 1 is 1.12 bits per heavy atom. The molecule has 14 heteroatoms. The molecule has 4 saturated heterocycles. The van der Waals surface area contributed by atoms with E-state index in [0.717, 1.165) is 57.7 Å². The summed E-state index contributed by atoms with van der Waals surface area (Å²) in [6.07, 6.45) is 13.2. The summed E-state index contributed by atoms with van der Waals surface area (Å²) in [7, 11) is 0. The van der Waals surface area contributed by atoms with Crippen molar-refractivity contribution in [3.63, 3.8) is 0 Å². The molecular formula is C54H74ClN9O3S. The largest absolute Gasteiger partial charge is 0.489 e. The van der Waals surface area contributed by atoms with Gasteiger partial charge in [-0.05, 0) is 92.0 Å². The van der Waals surface area contributed by atoms with E-state index in [4.69, 9.17) is 31.1 Å². The smallest absolute Gasteiger partial charge is 0.228 e. The summed E-state index contributed by atoms with van der Waals surface area (Å²) >= 11 is 8.43. The molecule has 2 saturated carbocycles. The molecule has 12 nitrogen and oxygen atoms in total. The van der Waals surface area contributed by atoms with Crippen LogP contribution in [-0.4, -0.2) is 101 Å². The van der Waals surface area contributed by atoms with Gasteiger partial charge in [-0.1, -0.05) is 97.0 Å². The van der Waals surface area contributed by atoms with Crippen LogP contribution in [0.3, 0.4) is 0 Å². The van der Waals surface area contributed by atoms with Gasteiger partial charge in [-0.15, -0.1) is 11.8 Å². The van der Waals surface area contributed by atoms with Crippen LogP contribution in [0.15, 0.2) is 77.0 Å². The maximum Gasteiger partial charge on any atom is 0.228 e. The molecule has 2 aromatic carbocycles. The molecule has 0 aromatic heterocycles. The van der Waals surface area contributed by atoms with E-state index in [-0.39, 0.29) is 59.4 Å². The Labute approximate surface area is 414 Å². The third kappa shape index (κ3) is 9.45. The van der Waals surface area contributed by atoms with Gasteiger partial charge in [-0.2, -0.15) is 5.26 Å². The normalized spacial score (nSPS) is 33.4. The molecule has 9 atom stereocenters. The first-order valence-corrected chi connectivity index (χ1v) is 26.6. The lowest BCUT2D eigenvalue weighted by molar-refractivity contribution is -0.174. The quantitative estimate of drug-likeness (QED) is 0.108. The number of hydrogen-bond donors (Lipinski definition) is 4. The van der Waals surface area contributed by atoms with E-state index >= 15 is 0 Å². The van der Waals surface area contributed by atoms with Gasteiger partial charge in [-0.25, -0.2) is 15.8 Å². The summed E-state index contributed by atoms with van der Waals surface area (Å²) in [5.41, 5.74) is 11.2. The van der Waals surface area contributed by atoms with Crippen LogP contribution in [0.5, 0.6) is 5.75 Å². The van der Waals surface area contributed by atoms with Gasteiger partial charge in [0, 0.05) is 72.1 Å². The number of rotatable bonds is 14. The van der Waals surface area contributed by atoms with Crippen molar-refractivity contribution in [2.24, 2.45) is 49.9 Å². The van der Waals surface area contributed by atoms with Gasteiger partial charge in [0.05, 0.1) is 46.9 Å². The molecule has 4 N–H and O–H groups in total. The highest BCUT2D eigenvalue weighted by Crippen LogP contribution is 2.56. The summed E-state index contributed by atoms with van der Waals surface area (Å²) in [6.45, 7) is 25.2. The molecule has 2 aromatic rings. The number of benzene rings is 2. The fraction of sp³-hybridized carbons (Fsp3) is 0.630. The third-order valence-corrected chi connectivity index (χ3v) is 18.9. The number of nitrogens with zero attached hydrogens (tertiary/aromatic N) is 5. The number of allylic oxidation sites excluding steroid dienone is 2. The lowest BCUT2D eigenvalue weighted by atomic mass is 9.49. The van der Waals surface area contributed by atoms with Crippen molar-refractivity contribution >= 4 is 41.2 Å². The van der Waals surface area contributed by atoms with E-state index in [0.29, 0.717) is 56.5 Å². The Morgan fingerprint density at radius 3 is 2.50 bits per heavy atom. The molecular weight excluding hydrogens is 890 g/mol. The molecule has 1 amide bonds. The molecule has 0 radical (unpaired) electrons. The number of aliphatic imine (C=N–C) groups is 2. The summed E-state index contributed by atoms with van der Waals surface area (Å²) < 4.78 is 12.5. The van der Waals surface area contributed by atoms with E-state index < -0.39 is 0 Å². The van der Waals surface area contributed by atoms with Gasteiger partial charge in [0.2, 0.25) is 5.91 Å². The second-order valence-electron chi connectivity index (χ2n) is 22.2. The Kier molecular flexibility index (Phi) is 14.3. The van der Waals surface area contributed by atoms with Crippen LogP contribution >= 0.6 is 23.4 Å². The molecule has 68 heavy (non-hydrogen) atoms. The Morgan fingerprint density at radius 2 is 1.85 bits per heavy atom. The number of nitrogens with one attached hydrogen (secondary N) is 4. The van der Waals surface area contributed by atoms with Gasteiger partial charge in [-0.3, -0.25) is 20.0 Å². The number of carbonyl (C=O) groups excluding carboxylic acids is 1. The van der Waals surface area contributed by atoms with Gasteiger partial charge >= 0.3 is 0 Å². The molecule has 5 aliphatic heterocycles. The summed E-state index contributed by atoms with van der Waals surface area (Å²) in [5, 5.41) is 17.5. The van der Waals surface area contributed by atoms with Gasteiger partial charge in [0.15, 0.2) is 0 Å². The SMILES string of the molecule is C=CC=C(/N=C\C(CC)C(=O)NC1C(C)(C)C(Oc2ccc(C#N)c(Cl)c2)C1(C)C)N1CCC2(CC1)CC(Cc1ccc(C3=N[C@@H](CC4NCCO4)C4NNC(C)N4C4SC(C)C(C)C34)cc1)C2. The number of piperidine rings is 1. The van der Waals surface area contributed by atoms with Crippen LogP contribution in [0, 0.1) is 51.2 Å². The fourth-order valence-electron chi connectivity index (χ4n) is 13.3. The molecule has 0 bridgehead atoms. The number of hydrogen-bond acceptors (Lipinski definition) is 12. The number of nitriles is 1. The van der Waals surface area contributed by atoms with E-state index in [1.807, 2.05) is 19.2 Å². The number of thioether (sulfide) groups is 1. The molecule has 8 unspecified atom stereocenters. The molecule has 366 valence electrons. The van der Waals surface area contributed by atoms with Crippen molar-refractivity contribution in [1.82, 2.24) is 31.3 Å². The van der Waals surface area contributed by atoms with Gasteiger partial charge < -0.3 is 19.7 Å². The Bertz CT molecular complexity index is 2290. The Hall–Kier alpha value is -3.74. The monoisotopic (exact) mass is 964 g/mol. The maximum atomic E-state index is 13.9. The lowest BCUT2D eigenvalue weighted by Crippen LogP contribution is -2.75. The maximum absolute atomic E-state index is 13.9. The third-order valence-electron chi connectivity index (χ3n) is 16.9. The summed E-state index contributed by atoms with van der Waals surface area (Å²) in [5.74, 6) is 2.64. The first-order chi connectivity index (χ1) is 32.5. The number of halogens is 1. The predicted molar refractivity (Wildman–Crippen MR) is 274 cm³/mol. The number of fused-ring (bicyclic) bond motifs is 3. The van der Waals surface area contributed by atoms with E-state index in [9.17, 15) is 10.1 Å². The minimum absolute atomic E-state index is 0.0290. The minimum atomic E-state index is -0.377. The number of likely N-dealkylation sites (tertiary alicyclic amines) is 1. The second kappa shape index (κ2) is 19.8. The molecule has 2 aliphatic carbocycles. The lowest BCUT2D eigenvalue weighted by Gasteiger charge is -2.63. The minimum Gasteiger partial charge on any atom is -0.489 e. The molecule has 1 spiro atoms. The van der Waals surface area contributed by atoms with E-state index in [1.54, 1.807) is 24.3 Å². The van der Waals surface area contributed by atoms with Crippen LogP contribution in [0.4, 0.5) is 0 Å². The average molecular weight is 965 g/mol. The van der Waals surface area contributed by atoms with Gasteiger partial charge in [0.1, 0.15) is 30.0 Å². The van der Waals surface area contributed by atoms with E-state index in [1.165, 1.54) is 29.7 Å². The van der Waals surface area contributed by atoms with Crippen LogP contribution in [0.2, 0.25) is 5.02 Å². The average Bonchev–Trinajstić information content (AvgIpc) is 4.02. The van der Waals surface area contributed by atoms with Crippen molar-refractivity contribution in [1.29, 1.82) is 5.26 Å². The number of ether oxygens (including phenoxy) is 2. The van der Waals surface area contributed by atoms with Crippen molar-refractivity contribution < 1.29 is 14.3 Å². The molecule has 9 rings (SSSR count). The topological polar surface area (TPSA) is 139 Å². The molecule has 6 fully saturated rings. The number of amides is 1. The Balaban J connectivity index is 0.785. The van der Waals surface area contributed by atoms with Crippen LogP contribution in [0.1, 0.15) is 111 Å².